The van der Waals surface area contributed by atoms with Crippen LogP contribution in [0.3, 0.4) is 0 Å². The van der Waals surface area contributed by atoms with Crippen molar-refractivity contribution in [1.29, 1.82) is 0 Å². The van der Waals surface area contributed by atoms with Gasteiger partial charge in [-0.05, 0) is 35.4 Å². The number of hydrogen-bond acceptors (Lipinski definition) is 3. The van der Waals surface area contributed by atoms with E-state index in [2.05, 4.69) is 0 Å². The molecule has 0 aliphatic carbocycles. The fraction of sp³-hybridized carbons (Fsp3) is 0.200. The molecule has 0 saturated heterocycles. The third kappa shape index (κ3) is 3.16. The van der Waals surface area contributed by atoms with Crippen molar-refractivity contribution in [2.75, 3.05) is 0 Å². The minimum Gasteiger partial charge on any atom is -0.374 e. The van der Waals surface area contributed by atoms with E-state index >= 15 is 0 Å². The Bertz CT molecular complexity index is 794. The molecule has 134 valence electrons. The van der Waals surface area contributed by atoms with E-state index < -0.39 is 39.4 Å². The Hall–Kier alpha value is -2.26. The Morgan fingerprint density at radius 1 is 0.960 bits per heavy atom. The molecule has 2 aromatic rings. The number of non-ortho nitro benzene ring substituents is 1. The van der Waals surface area contributed by atoms with Crippen LogP contribution in [0.1, 0.15) is 11.1 Å². The average Bonchev–Trinajstić information content (AvgIpc) is 2.53. The van der Waals surface area contributed by atoms with Crippen molar-refractivity contribution < 1.29 is 32.0 Å². The number of halogens is 6. The number of hydrogen-bond donors (Lipinski definition) is 1. The van der Waals surface area contributed by atoms with Gasteiger partial charge in [0.15, 0.2) is 5.60 Å². The van der Waals surface area contributed by atoms with Crippen LogP contribution in [-0.4, -0.2) is 22.1 Å². The van der Waals surface area contributed by atoms with Crippen LogP contribution in [0.15, 0.2) is 48.5 Å². The minimum absolute atomic E-state index is 0.171. The number of nitro benzene ring substituents is 1. The van der Waals surface area contributed by atoms with Crippen molar-refractivity contribution in [3.8, 4) is 0 Å². The van der Waals surface area contributed by atoms with Crippen LogP contribution in [-0.2, 0) is 5.60 Å². The third-order valence-electron chi connectivity index (χ3n) is 3.55. The molecule has 0 aliphatic heterocycles. The summed E-state index contributed by atoms with van der Waals surface area (Å²) in [5, 5.41) is 20.9. The summed E-state index contributed by atoms with van der Waals surface area (Å²) in [6.45, 7) is 0. The lowest BCUT2D eigenvalue weighted by Gasteiger charge is -2.37. The SMILES string of the molecule is O=[N+]([O-])c1ccc(C(O)(c2cccc(Cl)c2)C(F)(F)C(F)(F)F)cc1. The van der Waals surface area contributed by atoms with Gasteiger partial charge < -0.3 is 5.11 Å². The van der Waals surface area contributed by atoms with E-state index in [0.717, 1.165) is 30.3 Å². The van der Waals surface area contributed by atoms with Crippen molar-refractivity contribution in [3.05, 3.63) is 74.8 Å². The first-order valence-corrected chi connectivity index (χ1v) is 6.97. The van der Waals surface area contributed by atoms with Gasteiger partial charge in [-0.2, -0.15) is 22.0 Å². The summed E-state index contributed by atoms with van der Waals surface area (Å²) in [5.74, 6) is -5.60. The summed E-state index contributed by atoms with van der Waals surface area (Å²) >= 11 is 5.64. The number of aliphatic hydroxyl groups is 1. The number of nitro groups is 1. The standard InChI is InChI=1S/C15H9ClF5NO3/c16-11-3-1-2-10(8-11)13(23,14(17,18)15(19,20)21)9-4-6-12(7-5-9)22(24)25/h1-8,23H. The molecule has 0 spiro atoms. The van der Waals surface area contributed by atoms with Gasteiger partial charge in [0.1, 0.15) is 0 Å². The predicted molar refractivity (Wildman–Crippen MR) is 78.5 cm³/mol. The Morgan fingerprint density at radius 2 is 1.52 bits per heavy atom. The second-order valence-corrected chi connectivity index (χ2v) is 5.53. The van der Waals surface area contributed by atoms with Crippen molar-refractivity contribution in [1.82, 2.24) is 0 Å². The van der Waals surface area contributed by atoms with Crippen LogP contribution >= 0.6 is 11.6 Å². The monoisotopic (exact) mass is 381 g/mol. The highest BCUT2D eigenvalue weighted by atomic mass is 35.5. The maximum Gasteiger partial charge on any atom is 0.457 e. The van der Waals surface area contributed by atoms with Crippen LogP contribution in [0.25, 0.3) is 0 Å². The van der Waals surface area contributed by atoms with Gasteiger partial charge in [-0.15, -0.1) is 0 Å². The van der Waals surface area contributed by atoms with Gasteiger partial charge in [0.05, 0.1) is 4.92 Å². The summed E-state index contributed by atoms with van der Waals surface area (Å²) in [5.41, 5.74) is -6.04. The molecule has 0 heterocycles. The molecule has 0 aliphatic rings. The van der Waals surface area contributed by atoms with Crippen LogP contribution in [0.4, 0.5) is 27.6 Å². The van der Waals surface area contributed by atoms with E-state index in [1.165, 1.54) is 6.07 Å². The topological polar surface area (TPSA) is 63.4 Å². The summed E-state index contributed by atoms with van der Waals surface area (Å²) in [7, 11) is 0. The fourth-order valence-corrected chi connectivity index (χ4v) is 2.46. The number of rotatable bonds is 4. The zero-order valence-electron chi connectivity index (χ0n) is 12.1. The lowest BCUT2D eigenvalue weighted by Crippen LogP contribution is -2.55. The van der Waals surface area contributed by atoms with Crippen molar-refractivity contribution in [2.45, 2.75) is 17.7 Å². The second-order valence-electron chi connectivity index (χ2n) is 5.10. The smallest absolute Gasteiger partial charge is 0.374 e. The molecule has 0 fully saturated rings. The van der Waals surface area contributed by atoms with Gasteiger partial charge in [-0.1, -0.05) is 23.7 Å². The molecule has 0 bridgehead atoms. The third-order valence-corrected chi connectivity index (χ3v) is 3.78. The number of benzene rings is 2. The van der Waals surface area contributed by atoms with Gasteiger partial charge in [0.25, 0.3) is 5.69 Å². The molecule has 1 atom stereocenters. The Kier molecular flexibility index (Phi) is 4.75. The van der Waals surface area contributed by atoms with E-state index in [1.807, 2.05) is 0 Å². The van der Waals surface area contributed by atoms with Gasteiger partial charge in [-0.25, -0.2) is 0 Å². The van der Waals surface area contributed by atoms with Crippen LogP contribution in [0, 0.1) is 10.1 Å². The molecule has 0 aromatic heterocycles. The molecule has 4 nitrogen and oxygen atoms in total. The van der Waals surface area contributed by atoms with Crippen LogP contribution in [0.2, 0.25) is 5.02 Å². The van der Waals surface area contributed by atoms with E-state index in [9.17, 15) is 37.2 Å². The quantitative estimate of drug-likeness (QED) is 0.475. The number of nitrogens with zero attached hydrogens (tertiary/aromatic N) is 1. The molecule has 1 N–H and O–H groups in total. The van der Waals surface area contributed by atoms with Gasteiger partial charge in [0.2, 0.25) is 0 Å². The van der Waals surface area contributed by atoms with Crippen molar-refractivity contribution >= 4 is 17.3 Å². The maximum absolute atomic E-state index is 14.2. The first-order chi connectivity index (χ1) is 11.4. The fourth-order valence-electron chi connectivity index (χ4n) is 2.27. The highest BCUT2D eigenvalue weighted by Crippen LogP contribution is 2.52. The highest BCUT2D eigenvalue weighted by molar-refractivity contribution is 6.30. The molecular formula is C15H9ClF5NO3. The zero-order chi connectivity index (χ0) is 19.0. The van der Waals surface area contributed by atoms with Gasteiger partial charge in [0, 0.05) is 17.2 Å². The first kappa shape index (κ1) is 19.1. The van der Waals surface area contributed by atoms with Crippen LogP contribution in [0.5, 0.6) is 0 Å². The molecule has 25 heavy (non-hydrogen) atoms. The first-order valence-electron chi connectivity index (χ1n) is 6.59. The lowest BCUT2D eigenvalue weighted by atomic mass is 9.80. The Balaban J connectivity index is 2.75. The molecular weight excluding hydrogens is 373 g/mol. The predicted octanol–water partition coefficient (Wildman–Crippen LogP) is 4.68. The summed E-state index contributed by atoms with van der Waals surface area (Å²) in [6, 6.07) is 6.66. The lowest BCUT2D eigenvalue weighted by molar-refractivity contribution is -0.384. The zero-order valence-corrected chi connectivity index (χ0v) is 12.9. The van der Waals surface area contributed by atoms with Crippen LogP contribution < -0.4 is 0 Å². The minimum atomic E-state index is -6.09. The van der Waals surface area contributed by atoms with E-state index in [-0.39, 0.29) is 5.02 Å². The number of alkyl halides is 5. The van der Waals surface area contributed by atoms with E-state index in [1.54, 1.807) is 0 Å². The largest absolute Gasteiger partial charge is 0.457 e. The molecule has 0 amide bonds. The average molecular weight is 382 g/mol. The van der Waals surface area contributed by atoms with Gasteiger partial charge in [-0.3, -0.25) is 10.1 Å². The maximum atomic E-state index is 14.2. The van der Waals surface area contributed by atoms with Crippen molar-refractivity contribution in [2.24, 2.45) is 0 Å². The summed E-state index contributed by atoms with van der Waals surface area (Å²) in [6.07, 6.45) is -6.09. The second kappa shape index (κ2) is 6.23. The molecule has 1 unspecified atom stereocenters. The summed E-state index contributed by atoms with van der Waals surface area (Å²) in [4.78, 5) is 9.77. The molecule has 0 radical (unpaired) electrons. The molecule has 0 saturated carbocycles. The van der Waals surface area contributed by atoms with Gasteiger partial charge >= 0.3 is 12.1 Å². The highest BCUT2D eigenvalue weighted by Gasteiger charge is 2.71. The Morgan fingerprint density at radius 3 is 1.96 bits per heavy atom. The normalized spacial score (nSPS) is 14.8. The molecule has 2 rings (SSSR count). The van der Waals surface area contributed by atoms with Crippen molar-refractivity contribution in [3.63, 3.8) is 0 Å². The van der Waals surface area contributed by atoms with E-state index in [0.29, 0.717) is 12.1 Å². The Labute approximate surface area is 142 Å². The molecule has 2 aromatic carbocycles. The van der Waals surface area contributed by atoms with E-state index in [4.69, 9.17) is 11.6 Å². The summed E-state index contributed by atoms with van der Waals surface area (Å²) < 4.78 is 67.2. The molecule has 10 heteroatoms.